The van der Waals surface area contributed by atoms with E-state index in [1.54, 1.807) is 11.3 Å². The summed E-state index contributed by atoms with van der Waals surface area (Å²) in [7, 11) is 0. The molecule has 0 atom stereocenters. The molecule has 0 saturated heterocycles. The third-order valence-corrected chi connectivity index (χ3v) is 2.44. The van der Waals surface area contributed by atoms with E-state index in [2.05, 4.69) is 24.1 Å². The summed E-state index contributed by atoms with van der Waals surface area (Å²) < 4.78 is 5.44. The zero-order valence-electron chi connectivity index (χ0n) is 8.82. The maximum Gasteiger partial charge on any atom is 0.0794 e. The molecule has 4 heteroatoms. The number of nitrogens with zero attached hydrogens (tertiary/aromatic N) is 1. The molecular weight excluding hydrogens is 196 g/mol. The highest BCUT2D eigenvalue weighted by Crippen LogP contribution is 2.03. The summed E-state index contributed by atoms with van der Waals surface area (Å²) in [6.45, 7) is 7.76. The maximum absolute atomic E-state index is 5.44. The molecule has 1 aromatic heterocycles. The van der Waals surface area contributed by atoms with Gasteiger partial charge in [-0.3, -0.25) is 4.98 Å². The van der Waals surface area contributed by atoms with Crippen LogP contribution in [-0.2, 0) is 11.3 Å². The van der Waals surface area contributed by atoms with Gasteiger partial charge < -0.3 is 10.1 Å². The largest absolute Gasteiger partial charge is 0.380 e. The van der Waals surface area contributed by atoms with Gasteiger partial charge in [-0.25, -0.2) is 0 Å². The predicted octanol–water partition coefficient (Wildman–Crippen LogP) is 1.91. The third kappa shape index (κ3) is 5.32. The van der Waals surface area contributed by atoms with Crippen molar-refractivity contribution in [3.8, 4) is 0 Å². The molecule has 14 heavy (non-hydrogen) atoms. The zero-order valence-corrected chi connectivity index (χ0v) is 9.64. The highest BCUT2D eigenvalue weighted by atomic mass is 32.1. The third-order valence-electron chi connectivity index (χ3n) is 1.66. The molecule has 0 unspecified atom stereocenters. The van der Waals surface area contributed by atoms with Gasteiger partial charge in [-0.05, 0) is 5.92 Å². The van der Waals surface area contributed by atoms with E-state index in [9.17, 15) is 0 Å². The van der Waals surface area contributed by atoms with Crippen molar-refractivity contribution in [2.24, 2.45) is 5.92 Å². The molecule has 1 N–H and O–H groups in total. The van der Waals surface area contributed by atoms with E-state index in [-0.39, 0.29) is 0 Å². The Bertz CT molecular complexity index is 224. The van der Waals surface area contributed by atoms with Crippen molar-refractivity contribution in [2.75, 3.05) is 19.8 Å². The van der Waals surface area contributed by atoms with E-state index in [0.29, 0.717) is 5.92 Å². The molecule has 0 aliphatic heterocycles. The van der Waals surface area contributed by atoms with Crippen LogP contribution in [0.2, 0.25) is 0 Å². The van der Waals surface area contributed by atoms with Crippen molar-refractivity contribution < 1.29 is 4.74 Å². The van der Waals surface area contributed by atoms with E-state index in [0.717, 1.165) is 26.3 Å². The lowest BCUT2D eigenvalue weighted by Crippen LogP contribution is -2.19. The second-order valence-corrected chi connectivity index (χ2v) is 4.58. The van der Waals surface area contributed by atoms with Gasteiger partial charge in [0, 0.05) is 30.8 Å². The van der Waals surface area contributed by atoms with Gasteiger partial charge >= 0.3 is 0 Å². The van der Waals surface area contributed by atoms with Gasteiger partial charge in [0.25, 0.3) is 0 Å². The van der Waals surface area contributed by atoms with Crippen LogP contribution >= 0.6 is 11.3 Å². The Morgan fingerprint density at radius 3 is 3.07 bits per heavy atom. The molecule has 0 amide bonds. The summed E-state index contributed by atoms with van der Waals surface area (Å²) in [5.41, 5.74) is 1.85. The number of hydrogen-bond acceptors (Lipinski definition) is 4. The van der Waals surface area contributed by atoms with Crippen LogP contribution in [0.25, 0.3) is 0 Å². The minimum absolute atomic E-state index is 0.622. The van der Waals surface area contributed by atoms with Crippen molar-refractivity contribution in [3.63, 3.8) is 0 Å². The average Bonchev–Trinajstić information content (AvgIpc) is 2.63. The van der Waals surface area contributed by atoms with Crippen molar-refractivity contribution in [1.29, 1.82) is 0 Å². The lowest BCUT2D eigenvalue weighted by atomic mass is 10.2. The number of thiazole rings is 1. The first-order valence-corrected chi connectivity index (χ1v) is 5.83. The normalized spacial score (nSPS) is 11.1. The number of aromatic nitrogens is 1. The number of rotatable bonds is 7. The Morgan fingerprint density at radius 1 is 1.57 bits per heavy atom. The van der Waals surface area contributed by atoms with E-state index in [4.69, 9.17) is 4.74 Å². The fourth-order valence-electron chi connectivity index (χ4n) is 1.00. The molecular formula is C10H18N2OS. The second kappa shape index (κ2) is 6.92. The van der Waals surface area contributed by atoms with Gasteiger partial charge in [0.15, 0.2) is 0 Å². The Balaban J connectivity index is 1.90. The van der Waals surface area contributed by atoms with Crippen LogP contribution < -0.4 is 5.32 Å². The van der Waals surface area contributed by atoms with E-state index in [1.807, 2.05) is 11.7 Å². The van der Waals surface area contributed by atoms with Crippen LogP contribution in [-0.4, -0.2) is 24.7 Å². The number of nitrogens with one attached hydrogen (secondary N) is 1. The molecule has 0 spiro atoms. The van der Waals surface area contributed by atoms with Crippen molar-refractivity contribution in [3.05, 3.63) is 16.6 Å². The van der Waals surface area contributed by atoms with Crippen molar-refractivity contribution >= 4 is 11.3 Å². The summed E-state index contributed by atoms with van der Waals surface area (Å²) >= 11 is 1.68. The number of ether oxygens (including phenoxy) is 1. The predicted molar refractivity (Wildman–Crippen MR) is 59.5 cm³/mol. The molecule has 0 aliphatic rings. The van der Waals surface area contributed by atoms with E-state index < -0.39 is 0 Å². The van der Waals surface area contributed by atoms with E-state index >= 15 is 0 Å². The fourth-order valence-corrected chi connectivity index (χ4v) is 1.57. The summed E-state index contributed by atoms with van der Waals surface area (Å²) in [4.78, 5) is 5.28. The monoisotopic (exact) mass is 214 g/mol. The summed E-state index contributed by atoms with van der Waals surface area (Å²) in [5, 5.41) is 3.31. The molecule has 0 radical (unpaired) electrons. The Morgan fingerprint density at radius 2 is 2.43 bits per heavy atom. The van der Waals surface area contributed by atoms with Gasteiger partial charge in [0.2, 0.25) is 0 Å². The van der Waals surface area contributed by atoms with Crippen LogP contribution in [0, 0.1) is 5.92 Å². The highest BCUT2D eigenvalue weighted by molar-refractivity contribution is 7.09. The Labute approximate surface area is 89.5 Å². The van der Waals surface area contributed by atoms with Gasteiger partial charge in [0.05, 0.1) is 12.1 Å². The lowest BCUT2D eigenvalue weighted by Gasteiger charge is -2.06. The Hall–Kier alpha value is -0.450. The quantitative estimate of drug-likeness (QED) is 0.704. The molecule has 0 aliphatic carbocycles. The highest BCUT2D eigenvalue weighted by Gasteiger charge is 1.95. The number of hydrogen-bond donors (Lipinski definition) is 1. The first-order chi connectivity index (χ1) is 6.79. The SMILES string of the molecule is CC(C)COCCNCc1cncs1. The van der Waals surface area contributed by atoms with Crippen LogP contribution in [0.15, 0.2) is 11.7 Å². The molecule has 80 valence electrons. The fraction of sp³-hybridized carbons (Fsp3) is 0.700. The van der Waals surface area contributed by atoms with Crippen LogP contribution in [0.4, 0.5) is 0 Å². The van der Waals surface area contributed by atoms with Crippen LogP contribution in [0.3, 0.4) is 0 Å². The molecule has 3 nitrogen and oxygen atoms in total. The maximum atomic E-state index is 5.44. The van der Waals surface area contributed by atoms with E-state index in [1.165, 1.54) is 4.88 Å². The van der Waals surface area contributed by atoms with Crippen LogP contribution in [0.5, 0.6) is 0 Å². The molecule has 1 heterocycles. The zero-order chi connectivity index (χ0) is 10.2. The van der Waals surface area contributed by atoms with Gasteiger partial charge in [0.1, 0.15) is 0 Å². The summed E-state index contributed by atoms with van der Waals surface area (Å²) in [6, 6.07) is 0. The van der Waals surface area contributed by atoms with Crippen molar-refractivity contribution in [2.45, 2.75) is 20.4 Å². The average molecular weight is 214 g/mol. The molecule has 0 saturated carbocycles. The first kappa shape index (κ1) is 11.6. The molecule has 0 fully saturated rings. The minimum atomic E-state index is 0.622. The topological polar surface area (TPSA) is 34.1 Å². The standard InChI is InChI=1S/C10H18N2OS/c1-9(2)7-13-4-3-11-5-10-6-12-8-14-10/h6,8-9,11H,3-5,7H2,1-2H3. The summed E-state index contributed by atoms with van der Waals surface area (Å²) in [5.74, 6) is 0.622. The van der Waals surface area contributed by atoms with Crippen molar-refractivity contribution in [1.82, 2.24) is 10.3 Å². The minimum Gasteiger partial charge on any atom is -0.380 e. The Kier molecular flexibility index (Phi) is 5.75. The molecule has 1 rings (SSSR count). The molecule has 0 aromatic carbocycles. The second-order valence-electron chi connectivity index (χ2n) is 3.61. The van der Waals surface area contributed by atoms with Crippen LogP contribution in [0.1, 0.15) is 18.7 Å². The first-order valence-electron chi connectivity index (χ1n) is 4.95. The summed E-state index contributed by atoms with van der Waals surface area (Å²) in [6.07, 6.45) is 1.90. The van der Waals surface area contributed by atoms with Gasteiger partial charge in [-0.2, -0.15) is 0 Å². The smallest absolute Gasteiger partial charge is 0.0794 e. The van der Waals surface area contributed by atoms with Gasteiger partial charge in [-0.1, -0.05) is 13.8 Å². The molecule has 0 bridgehead atoms. The molecule has 1 aromatic rings. The van der Waals surface area contributed by atoms with Gasteiger partial charge in [-0.15, -0.1) is 11.3 Å². The lowest BCUT2D eigenvalue weighted by molar-refractivity contribution is 0.111.